The number of likely N-dealkylation sites (N-methyl/N-ethyl adjacent to an activating group) is 1. The Morgan fingerprint density at radius 1 is 1.17 bits per heavy atom. The number of carbonyl (C=O) groups excluding carboxylic acids is 2. The molecule has 3 unspecified atom stereocenters. The number of hydrogen-bond acceptors (Lipinski definition) is 10. The van der Waals surface area contributed by atoms with Crippen LogP contribution in [0.5, 0.6) is 0 Å². The Labute approximate surface area is 307 Å². The van der Waals surface area contributed by atoms with Crippen LogP contribution in [0, 0.1) is 23.0 Å². The van der Waals surface area contributed by atoms with Crippen molar-refractivity contribution in [2.75, 3.05) is 25.5 Å². The van der Waals surface area contributed by atoms with Gasteiger partial charge in [-0.3, -0.25) is 9.69 Å². The van der Waals surface area contributed by atoms with E-state index in [-0.39, 0.29) is 25.3 Å². The molecule has 2 heterocycles. The lowest BCUT2D eigenvalue weighted by Gasteiger charge is -2.32. The monoisotopic (exact) mass is 750 g/mol. The summed E-state index contributed by atoms with van der Waals surface area (Å²) in [5.74, 6) is -2.89. The second kappa shape index (κ2) is 16.4. The highest BCUT2D eigenvalue weighted by atomic mass is 35.5. The van der Waals surface area contributed by atoms with E-state index in [1.54, 1.807) is 68.7 Å². The van der Waals surface area contributed by atoms with Crippen LogP contribution < -0.4 is 14.8 Å². The lowest BCUT2D eigenvalue weighted by Crippen LogP contribution is -2.42. The van der Waals surface area contributed by atoms with Gasteiger partial charge in [0.15, 0.2) is 0 Å². The van der Waals surface area contributed by atoms with Crippen molar-refractivity contribution < 1.29 is 37.5 Å². The number of ether oxygens (including phenoxy) is 2. The van der Waals surface area contributed by atoms with Crippen molar-refractivity contribution in [2.45, 2.75) is 44.7 Å². The normalized spacial score (nSPS) is 13.4. The van der Waals surface area contributed by atoms with Crippen LogP contribution in [0.3, 0.4) is 0 Å². The molecule has 0 aliphatic carbocycles. The third kappa shape index (κ3) is 8.60. The molecule has 52 heavy (non-hydrogen) atoms. The van der Waals surface area contributed by atoms with E-state index in [0.29, 0.717) is 32.5 Å². The number of halogens is 3. The Morgan fingerprint density at radius 2 is 1.92 bits per heavy atom. The minimum atomic E-state index is -2.04. The molecule has 5 rings (SSSR count). The van der Waals surface area contributed by atoms with Crippen LogP contribution in [0.1, 0.15) is 47.7 Å². The minimum absolute atomic E-state index is 0.00936. The maximum Gasteiger partial charge on any atom is 0.416 e. The standard InChI is InChI=1S/C36H35ClF2N7O5S/c1-22(34-43-31(18-52-34)25-7-5-24(15-40)6-8-25)36(49,29-14-28(38)10-11-30(29)39)19-46-21-45(20-42-46)23(2)51-35(48)44(4)32-12-9-27(37)13-26(32)17-50-33(47)16-41-3/h5-14,18,20-23,41,49H,16-17,19H2,1-4H3/q+1. The number of thiazole rings is 1. The first-order valence-corrected chi connectivity index (χ1v) is 17.2. The highest BCUT2D eigenvalue weighted by Gasteiger charge is 2.43. The van der Waals surface area contributed by atoms with Crippen molar-refractivity contribution in [3.63, 3.8) is 0 Å². The number of nitrogens with one attached hydrogen (secondary N) is 1. The Morgan fingerprint density at radius 3 is 2.63 bits per heavy atom. The van der Waals surface area contributed by atoms with Gasteiger partial charge >= 0.3 is 12.1 Å². The van der Waals surface area contributed by atoms with E-state index in [1.807, 2.05) is 0 Å². The van der Waals surface area contributed by atoms with Gasteiger partial charge in [0.05, 0.1) is 34.6 Å². The summed E-state index contributed by atoms with van der Waals surface area (Å²) in [6, 6.07) is 16.6. The van der Waals surface area contributed by atoms with Crippen LogP contribution in [0.25, 0.3) is 11.3 Å². The predicted octanol–water partition coefficient (Wildman–Crippen LogP) is 5.84. The molecular formula is C36H35ClF2N7O5S+. The van der Waals surface area contributed by atoms with Crippen molar-refractivity contribution in [3.05, 3.63) is 117 Å². The number of aromatic nitrogens is 4. The zero-order valence-electron chi connectivity index (χ0n) is 28.6. The van der Waals surface area contributed by atoms with Gasteiger partial charge in [-0.1, -0.05) is 30.7 Å². The third-order valence-electron chi connectivity index (χ3n) is 8.39. The van der Waals surface area contributed by atoms with E-state index < -0.39 is 41.4 Å². The molecular weight excluding hydrogens is 716 g/mol. The molecule has 3 aromatic carbocycles. The molecule has 0 fully saturated rings. The molecule has 0 aliphatic heterocycles. The number of amides is 1. The topological polar surface area (TPSA) is 146 Å². The summed E-state index contributed by atoms with van der Waals surface area (Å²) in [4.78, 5) is 31.1. The van der Waals surface area contributed by atoms with Gasteiger partial charge in [-0.15, -0.1) is 16.0 Å². The van der Waals surface area contributed by atoms with Crippen molar-refractivity contribution in [1.29, 1.82) is 5.26 Å². The molecule has 3 atom stereocenters. The van der Waals surface area contributed by atoms with Gasteiger partial charge in [0.25, 0.3) is 6.33 Å². The molecule has 0 spiro atoms. The number of esters is 1. The lowest BCUT2D eigenvalue weighted by molar-refractivity contribution is -0.753. The van der Waals surface area contributed by atoms with E-state index >= 15 is 4.39 Å². The highest BCUT2D eigenvalue weighted by Crippen LogP contribution is 2.41. The van der Waals surface area contributed by atoms with Gasteiger partial charge < -0.3 is 19.9 Å². The van der Waals surface area contributed by atoms with Crippen LogP contribution in [0.15, 0.2) is 78.7 Å². The van der Waals surface area contributed by atoms with Gasteiger partial charge in [0.2, 0.25) is 12.6 Å². The van der Waals surface area contributed by atoms with Gasteiger partial charge in [-0.25, -0.2) is 18.6 Å². The fourth-order valence-corrected chi connectivity index (χ4v) is 6.58. The first-order chi connectivity index (χ1) is 24.8. The van der Waals surface area contributed by atoms with E-state index in [1.165, 1.54) is 45.2 Å². The molecule has 0 bridgehead atoms. The summed E-state index contributed by atoms with van der Waals surface area (Å²) in [5, 5.41) is 31.1. The molecule has 1 amide bonds. The fourth-order valence-electron chi connectivity index (χ4n) is 5.41. The van der Waals surface area contributed by atoms with Crippen molar-refractivity contribution >= 4 is 40.7 Å². The Kier molecular flexibility index (Phi) is 12.0. The van der Waals surface area contributed by atoms with E-state index in [2.05, 4.69) is 16.5 Å². The average molecular weight is 751 g/mol. The number of aliphatic hydroxyl groups is 1. The maximum absolute atomic E-state index is 15.3. The zero-order chi connectivity index (χ0) is 37.6. The Bertz CT molecular complexity index is 2110. The predicted molar refractivity (Wildman–Crippen MR) is 188 cm³/mol. The van der Waals surface area contributed by atoms with Crippen molar-refractivity contribution in [2.24, 2.45) is 0 Å². The number of nitriles is 1. The SMILES string of the molecule is CNCC(=O)OCc1cc(Cl)ccc1N(C)C(=O)OC(C)[n+]1cnn(CC(O)(c2cc(F)ccc2F)C(C)c2nc(-c3ccc(C#N)cc3)cs2)c1. The van der Waals surface area contributed by atoms with Crippen LogP contribution >= 0.6 is 22.9 Å². The summed E-state index contributed by atoms with van der Waals surface area (Å²) >= 11 is 7.41. The number of hydrogen-bond donors (Lipinski definition) is 2. The van der Waals surface area contributed by atoms with Crippen LogP contribution in [0.2, 0.25) is 5.02 Å². The molecule has 2 N–H and O–H groups in total. The van der Waals surface area contributed by atoms with Gasteiger partial charge in [0.1, 0.15) is 30.4 Å². The molecule has 16 heteroatoms. The average Bonchev–Trinajstić information content (AvgIpc) is 3.82. The largest absolute Gasteiger partial charge is 0.460 e. The first kappa shape index (κ1) is 38.0. The second-order valence-corrected chi connectivity index (χ2v) is 13.3. The number of carbonyl (C=O) groups is 2. The summed E-state index contributed by atoms with van der Waals surface area (Å²) < 4.78 is 43.6. The molecule has 270 valence electrons. The second-order valence-electron chi connectivity index (χ2n) is 11.9. The molecule has 0 radical (unpaired) electrons. The first-order valence-electron chi connectivity index (χ1n) is 15.9. The number of rotatable bonds is 13. The third-order valence-corrected chi connectivity index (χ3v) is 9.66. The van der Waals surface area contributed by atoms with Crippen molar-refractivity contribution in [1.82, 2.24) is 20.1 Å². The van der Waals surface area contributed by atoms with Gasteiger partial charge in [0, 0.05) is 52.1 Å². The van der Waals surface area contributed by atoms with Crippen LogP contribution in [-0.4, -0.2) is 52.6 Å². The summed E-state index contributed by atoms with van der Waals surface area (Å²) in [6.45, 7) is 2.82. The maximum atomic E-state index is 15.3. The summed E-state index contributed by atoms with van der Waals surface area (Å²) in [5.41, 5.74) is 0.387. The highest BCUT2D eigenvalue weighted by molar-refractivity contribution is 7.10. The van der Waals surface area contributed by atoms with E-state index in [0.717, 1.165) is 23.8 Å². The van der Waals surface area contributed by atoms with E-state index in [4.69, 9.17) is 31.3 Å². The molecule has 0 aliphatic rings. The van der Waals surface area contributed by atoms with Gasteiger partial charge in [-0.05, 0) is 55.6 Å². The quantitative estimate of drug-likeness (QED) is 0.112. The number of anilines is 1. The molecule has 5 aromatic rings. The lowest BCUT2D eigenvalue weighted by atomic mass is 9.82. The smallest absolute Gasteiger partial charge is 0.416 e. The van der Waals surface area contributed by atoms with Crippen molar-refractivity contribution in [3.8, 4) is 17.3 Å². The zero-order valence-corrected chi connectivity index (χ0v) is 30.2. The number of benzene rings is 3. The Hall–Kier alpha value is -5.27. The molecule has 0 saturated carbocycles. The Balaban J connectivity index is 1.36. The fraction of sp³-hybridized carbons (Fsp3) is 0.278. The van der Waals surface area contributed by atoms with Crippen LogP contribution in [0.4, 0.5) is 19.3 Å². The number of nitrogens with zero attached hydrogens (tertiary/aromatic N) is 6. The van der Waals surface area contributed by atoms with Crippen LogP contribution in [-0.2, 0) is 33.0 Å². The molecule has 0 saturated heterocycles. The van der Waals surface area contributed by atoms with E-state index in [9.17, 15) is 19.1 Å². The molecule has 2 aromatic heterocycles. The summed E-state index contributed by atoms with van der Waals surface area (Å²) in [7, 11) is 3.10. The van der Waals surface area contributed by atoms with Gasteiger partial charge in [-0.2, -0.15) is 9.83 Å². The minimum Gasteiger partial charge on any atom is -0.460 e. The summed E-state index contributed by atoms with van der Waals surface area (Å²) in [6.07, 6.45) is 1.18. The molecule has 12 nitrogen and oxygen atoms in total.